The summed E-state index contributed by atoms with van der Waals surface area (Å²) in [4.78, 5) is 0. The third-order valence-corrected chi connectivity index (χ3v) is 5.07. The lowest BCUT2D eigenvalue weighted by Crippen LogP contribution is -2.31. The summed E-state index contributed by atoms with van der Waals surface area (Å²) in [6.07, 6.45) is -5.37. The van der Waals surface area contributed by atoms with Crippen LogP contribution in [-0.2, 0) is 16.4 Å². The van der Waals surface area contributed by atoms with Crippen LogP contribution >= 0.6 is 0 Å². The molecule has 2 rings (SSSR count). The Hall–Kier alpha value is -1.44. The second-order valence-electron chi connectivity index (χ2n) is 4.70. The van der Waals surface area contributed by atoms with Crippen LogP contribution in [0.25, 0.3) is 0 Å². The number of rotatable bonds is 4. The molecule has 1 aliphatic rings. The maximum atomic E-state index is 12.1. The number of benzene rings is 1. The van der Waals surface area contributed by atoms with Gasteiger partial charge in [0.05, 0.1) is 11.4 Å². The van der Waals surface area contributed by atoms with Crippen molar-refractivity contribution in [2.75, 3.05) is 22.3 Å². The number of nitrogen functional groups attached to an aromatic ring is 1. The van der Waals surface area contributed by atoms with Gasteiger partial charge in [0.2, 0.25) is 10.0 Å². The molecule has 0 aromatic heterocycles. The van der Waals surface area contributed by atoms with E-state index in [0.717, 1.165) is 9.87 Å². The summed E-state index contributed by atoms with van der Waals surface area (Å²) in [6, 6.07) is 4.94. The highest BCUT2D eigenvalue weighted by Crippen LogP contribution is 2.34. The van der Waals surface area contributed by atoms with E-state index in [1.165, 1.54) is 0 Å². The lowest BCUT2D eigenvalue weighted by molar-refractivity contribution is -0.134. The van der Waals surface area contributed by atoms with Crippen LogP contribution < -0.4 is 10.0 Å². The zero-order valence-corrected chi connectivity index (χ0v) is 11.5. The van der Waals surface area contributed by atoms with E-state index in [2.05, 4.69) is 0 Å². The molecule has 0 spiro atoms. The summed E-state index contributed by atoms with van der Waals surface area (Å²) in [5.41, 5.74) is 7.50. The molecule has 8 heteroatoms. The molecule has 4 nitrogen and oxygen atoms in total. The standard InChI is InChI=1S/C12H15F3N2O2S/c13-12(14,15)6-2-8-20(18,19)17-7-5-9-10(16)3-1-4-11(9)17/h1,3-4H,2,5-8,16H2. The summed E-state index contributed by atoms with van der Waals surface area (Å²) < 4.78 is 61.6. The summed E-state index contributed by atoms with van der Waals surface area (Å²) in [5.74, 6) is -0.513. The van der Waals surface area contributed by atoms with Crippen LogP contribution in [0.15, 0.2) is 18.2 Å². The Bertz CT molecular complexity index is 599. The quantitative estimate of drug-likeness (QED) is 0.868. The average molecular weight is 308 g/mol. The van der Waals surface area contributed by atoms with E-state index in [1.807, 2.05) is 0 Å². The first-order valence-corrected chi connectivity index (χ1v) is 7.76. The minimum Gasteiger partial charge on any atom is -0.398 e. The van der Waals surface area contributed by atoms with Crippen molar-refractivity contribution in [3.05, 3.63) is 23.8 Å². The Kier molecular flexibility index (Phi) is 3.86. The number of alkyl halides is 3. The van der Waals surface area contributed by atoms with Crippen LogP contribution in [0.4, 0.5) is 24.5 Å². The Morgan fingerprint density at radius 1 is 1.30 bits per heavy atom. The third-order valence-electron chi connectivity index (χ3n) is 3.22. The number of fused-ring (bicyclic) bond motifs is 1. The number of nitrogens with two attached hydrogens (primary N) is 1. The zero-order valence-electron chi connectivity index (χ0n) is 10.7. The first-order valence-electron chi connectivity index (χ1n) is 6.15. The van der Waals surface area contributed by atoms with Gasteiger partial charge in [-0.25, -0.2) is 8.42 Å². The molecule has 1 aliphatic heterocycles. The number of anilines is 2. The van der Waals surface area contributed by atoms with E-state index in [9.17, 15) is 21.6 Å². The van der Waals surface area contributed by atoms with E-state index in [0.29, 0.717) is 17.8 Å². The second kappa shape index (κ2) is 5.16. The fourth-order valence-electron chi connectivity index (χ4n) is 2.29. The molecule has 2 N–H and O–H groups in total. The summed E-state index contributed by atoms with van der Waals surface area (Å²) in [6.45, 7) is 0.234. The Labute approximate surface area is 115 Å². The summed E-state index contributed by atoms with van der Waals surface area (Å²) in [5, 5.41) is 0. The predicted molar refractivity (Wildman–Crippen MR) is 71.0 cm³/mol. The van der Waals surface area contributed by atoms with Gasteiger partial charge in [0, 0.05) is 24.2 Å². The van der Waals surface area contributed by atoms with Crippen molar-refractivity contribution in [3.8, 4) is 0 Å². The molecule has 0 unspecified atom stereocenters. The van der Waals surface area contributed by atoms with Gasteiger partial charge in [-0.05, 0) is 25.0 Å². The Balaban J connectivity index is 2.12. The molecule has 112 valence electrons. The van der Waals surface area contributed by atoms with Gasteiger partial charge in [0.1, 0.15) is 0 Å². The number of halogens is 3. The molecule has 0 bridgehead atoms. The van der Waals surface area contributed by atoms with Gasteiger partial charge in [-0.1, -0.05) is 6.07 Å². The average Bonchev–Trinajstić information content (AvgIpc) is 2.72. The van der Waals surface area contributed by atoms with Crippen LogP contribution in [0.5, 0.6) is 0 Å². The van der Waals surface area contributed by atoms with Crippen molar-refractivity contribution >= 4 is 21.4 Å². The van der Waals surface area contributed by atoms with Crippen LogP contribution in [0.1, 0.15) is 18.4 Å². The third kappa shape index (κ3) is 3.17. The van der Waals surface area contributed by atoms with Crippen molar-refractivity contribution in [3.63, 3.8) is 0 Å². The van der Waals surface area contributed by atoms with E-state index in [-0.39, 0.29) is 6.54 Å². The monoisotopic (exact) mass is 308 g/mol. The van der Waals surface area contributed by atoms with Gasteiger partial charge in [0.25, 0.3) is 0 Å². The summed E-state index contributed by atoms with van der Waals surface area (Å²) >= 11 is 0. The summed E-state index contributed by atoms with van der Waals surface area (Å²) in [7, 11) is -3.73. The SMILES string of the molecule is Nc1cccc2c1CCN2S(=O)(=O)CCCC(F)(F)F. The smallest absolute Gasteiger partial charge is 0.389 e. The van der Waals surface area contributed by atoms with Gasteiger partial charge in [-0.2, -0.15) is 13.2 Å². The lowest BCUT2D eigenvalue weighted by Gasteiger charge is -2.19. The highest BCUT2D eigenvalue weighted by Gasteiger charge is 2.32. The van der Waals surface area contributed by atoms with E-state index in [1.54, 1.807) is 18.2 Å². The number of sulfonamides is 1. The molecule has 1 heterocycles. The zero-order chi connectivity index (χ0) is 15.0. The molecule has 1 aromatic rings. The van der Waals surface area contributed by atoms with Crippen molar-refractivity contribution in [1.29, 1.82) is 0 Å². The fourth-order valence-corrected chi connectivity index (χ4v) is 3.86. The van der Waals surface area contributed by atoms with E-state index >= 15 is 0 Å². The molecular formula is C12H15F3N2O2S. The Morgan fingerprint density at radius 3 is 2.65 bits per heavy atom. The first-order chi connectivity index (χ1) is 9.21. The van der Waals surface area contributed by atoms with Crippen LogP contribution in [0.2, 0.25) is 0 Å². The molecule has 20 heavy (non-hydrogen) atoms. The molecule has 0 atom stereocenters. The van der Waals surface area contributed by atoms with Crippen LogP contribution in [0, 0.1) is 0 Å². The van der Waals surface area contributed by atoms with Crippen molar-refractivity contribution < 1.29 is 21.6 Å². The lowest BCUT2D eigenvalue weighted by atomic mass is 10.1. The van der Waals surface area contributed by atoms with E-state index < -0.39 is 34.8 Å². The minimum absolute atomic E-state index is 0.234. The molecular weight excluding hydrogens is 293 g/mol. The fraction of sp³-hybridized carbons (Fsp3) is 0.500. The predicted octanol–water partition coefficient (Wildman–Crippen LogP) is 2.30. The minimum atomic E-state index is -4.33. The number of nitrogens with zero attached hydrogens (tertiary/aromatic N) is 1. The molecule has 0 fully saturated rings. The first kappa shape index (κ1) is 15.0. The number of hydrogen-bond donors (Lipinski definition) is 1. The van der Waals surface area contributed by atoms with Crippen LogP contribution in [0.3, 0.4) is 0 Å². The molecule has 0 saturated heterocycles. The van der Waals surface area contributed by atoms with Gasteiger partial charge < -0.3 is 5.73 Å². The van der Waals surface area contributed by atoms with Gasteiger partial charge in [-0.3, -0.25) is 4.31 Å². The number of hydrogen-bond acceptors (Lipinski definition) is 3. The molecule has 0 amide bonds. The second-order valence-corrected chi connectivity index (χ2v) is 6.71. The molecule has 0 aliphatic carbocycles. The van der Waals surface area contributed by atoms with Crippen molar-refractivity contribution in [2.24, 2.45) is 0 Å². The van der Waals surface area contributed by atoms with Crippen LogP contribution in [-0.4, -0.2) is 26.9 Å². The largest absolute Gasteiger partial charge is 0.398 e. The highest BCUT2D eigenvalue weighted by molar-refractivity contribution is 7.92. The van der Waals surface area contributed by atoms with E-state index in [4.69, 9.17) is 5.73 Å². The van der Waals surface area contributed by atoms with Crippen molar-refractivity contribution in [2.45, 2.75) is 25.4 Å². The maximum absolute atomic E-state index is 12.1. The maximum Gasteiger partial charge on any atom is 0.389 e. The van der Waals surface area contributed by atoms with Gasteiger partial charge >= 0.3 is 6.18 Å². The van der Waals surface area contributed by atoms with Crippen molar-refractivity contribution in [1.82, 2.24) is 0 Å². The molecule has 1 aromatic carbocycles. The van der Waals surface area contributed by atoms with Gasteiger partial charge in [-0.15, -0.1) is 0 Å². The normalized spacial score (nSPS) is 15.4. The highest BCUT2D eigenvalue weighted by atomic mass is 32.2. The topological polar surface area (TPSA) is 63.4 Å². The molecule has 0 saturated carbocycles. The van der Waals surface area contributed by atoms with Gasteiger partial charge in [0.15, 0.2) is 0 Å². The Morgan fingerprint density at radius 2 is 2.00 bits per heavy atom. The molecule has 0 radical (unpaired) electrons.